The highest BCUT2D eigenvalue weighted by atomic mass is 32.1. The lowest BCUT2D eigenvalue weighted by Crippen LogP contribution is -2.09. The van der Waals surface area contributed by atoms with Crippen LogP contribution in [0.1, 0.15) is 0 Å². The van der Waals surface area contributed by atoms with E-state index in [0.29, 0.717) is 0 Å². The third kappa shape index (κ3) is 7.01. The number of hydrogen-bond donors (Lipinski definition) is 0. The molecule has 0 aliphatic rings. The lowest BCUT2D eigenvalue weighted by molar-refractivity contribution is 1.18. The average molecular weight is 797 g/mol. The van der Waals surface area contributed by atoms with Gasteiger partial charge in [0.25, 0.3) is 0 Å². The van der Waals surface area contributed by atoms with Crippen LogP contribution in [0.3, 0.4) is 0 Å². The Labute approximate surface area is 360 Å². The van der Waals surface area contributed by atoms with Gasteiger partial charge in [0.05, 0.1) is 11.0 Å². The van der Waals surface area contributed by atoms with Crippen molar-refractivity contribution in [2.45, 2.75) is 0 Å². The molecule has 2 aromatic heterocycles. The highest BCUT2D eigenvalue weighted by molar-refractivity contribution is 7.18. The minimum atomic E-state index is 1.10. The van der Waals surface area contributed by atoms with Crippen LogP contribution < -0.4 is 4.90 Å². The Hall–Kier alpha value is -7.72. The van der Waals surface area contributed by atoms with Crippen LogP contribution in [0.4, 0.5) is 17.1 Å². The highest BCUT2D eigenvalue weighted by Gasteiger charge is 2.16. The van der Waals surface area contributed by atoms with Crippen molar-refractivity contribution in [3.05, 3.63) is 243 Å². The third-order valence-electron chi connectivity index (χ3n) is 11.7. The highest BCUT2D eigenvalue weighted by Crippen LogP contribution is 2.40. The monoisotopic (exact) mass is 796 g/mol. The minimum absolute atomic E-state index is 1.10. The number of rotatable bonds is 9. The Morgan fingerprint density at radius 1 is 0.279 bits per heavy atom. The number of thiophene rings is 1. The van der Waals surface area contributed by atoms with Crippen LogP contribution in [0, 0.1) is 0 Å². The molecular formula is C58H40N2S. The number of fused-ring (bicyclic) bond motifs is 3. The molecular weight excluding hydrogens is 757 g/mol. The SMILES string of the molecule is c1ccc(-c2ccc(N(c3ccc(-c4ccccc4)cc3)c3ccc(-c4ccc5c(c4)c4ccccc4n5-c4ccc(-c5ccc(-c6ccccc6)s5)cc4)cc3)cc2)cc1. The maximum absolute atomic E-state index is 2.40. The Kier molecular flexibility index (Phi) is 9.42. The zero-order valence-corrected chi connectivity index (χ0v) is 34.2. The van der Waals surface area contributed by atoms with E-state index in [2.05, 4.69) is 252 Å². The summed E-state index contributed by atoms with van der Waals surface area (Å²) in [5, 5.41) is 2.49. The molecule has 0 N–H and O–H groups in total. The number of para-hydroxylation sites is 1. The second kappa shape index (κ2) is 15.8. The fraction of sp³-hybridized carbons (Fsp3) is 0. The summed E-state index contributed by atoms with van der Waals surface area (Å²) in [6.45, 7) is 0. The van der Waals surface area contributed by atoms with Crippen molar-refractivity contribution in [1.82, 2.24) is 4.57 Å². The standard InChI is InChI=1S/C58H40N2S/c1-4-12-41(13-5-1)43-20-29-49(30-21-43)59(50-31-22-44(23-32-50)42-14-6-2-7-15-42)51-33-24-45(25-34-51)48-28-37-56-54(40-48)53-18-10-11-19-55(53)60(56)52-35-26-47(27-36-52)58-39-38-57(61-58)46-16-8-3-9-17-46/h1-40H. The van der Waals surface area contributed by atoms with Gasteiger partial charge in [-0.2, -0.15) is 0 Å². The molecule has 0 aliphatic carbocycles. The van der Waals surface area contributed by atoms with E-state index in [4.69, 9.17) is 0 Å². The maximum Gasteiger partial charge on any atom is 0.0541 e. The molecule has 2 nitrogen and oxygen atoms in total. The average Bonchev–Trinajstić information content (AvgIpc) is 3.97. The molecule has 0 radical (unpaired) electrons. The van der Waals surface area contributed by atoms with Crippen LogP contribution in [-0.4, -0.2) is 4.57 Å². The molecule has 2 heterocycles. The molecule has 3 heteroatoms. The van der Waals surface area contributed by atoms with Gasteiger partial charge in [-0.05, 0) is 123 Å². The van der Waals surface area contributed by atoms with E-state index in [1.165, 1.54) is 76.1 Å². The van der Waals surface area contributed by atoms with Gasteiger partial charge in [0.15, 0.2) is 0 Å². The Balaban J connectivity index is 0.923. The molecule has 0 fully saturated rings. The van der Waals surface area contributed by atoms with Crippen molar-refractivity contribution in [1.29, 1.82) is 0 Å². The smallest absolute Gasteiger partial charge is 0.0541 e. The van der Waals surface area contributed by atoms with Crippen LogP contribution in [0.25, 0.3) is 81.8 Å². The first-order valence-electron chi connectivity index (χ1n) is 20.7. The molecule has 0 saturated carbocycles. The molecule has 61 heavy (non-hydrogen) atoms. The van der Waals surface area contributed by atoms with Crippen molar-refractivity contribution < 1.29 is 0 Å². The van der Waals surface area contributed by atoms with Crippen molar-refractivity contribution in [2.24, 2.45) is 0 Å². The quantitative estimate of drug-likeness (QED) is 0.141. The van der Waals surface area contributed by atoms with Crippen LogP contribution in [0.5, 0.6) is 0 Å². The fourth-order valence-corrected chi connectivity index (χ4v) is 9.59. The Morgan fingerprint density at radius 3 is 1.18 bits per heavy atom. The van der Waals surface area contributed by atoms with Gasteiger partial charge >= 0.3 is 0 Å². The number of aromatic nitrogens is 1. The zero-order chi connectivity index (χ0) is 40.5. The molecule has 0 bridgehead atoms. The van der Waals surface area contributed by atoms with E-state index in [1.807, 2.05) is 11.3 Å². The first-order valence-corrected chi connectivity index (χ1v) is 21.6. The largest absolute Gasteiger partial charge is 0.311 e. The van der Waals surface area contributed by atoms with E-state index in [9.17, 15) is 0 Å². The van der Waals surface area contributed by atoms with Crippen molar-refractivity contribution in [2.75, 3.05) is 4.90 Å². The van der Waals surface area contributed by atoms with E-state index in [1.54, 1.807) is 0 Å². The normalized spacial score (nSPS) is 11.3. The second-order valence-corrected chi connectivity index (χ2v) is 16.5. The summed E-state index contributed by atoms with van der Waals surface area (Å²) in [6, 6.07) is 87.7. The predicted octanol–water partition coefficient (Wildman–Crippen LogP) is 16.6. The summed E-state index contributed by atoms with van der Waals surface area (Å²) in [5.74, 6) is 0. The Morgan fingerprint density at radius 2 is 0.656 bits per heavy atom. The molecule has 0 amide bonds. The third-order valence-corrected chi connectivity index (χ3v) is 12.9. The van der Waals surface area contributed by atoms with E-state index in [0.717, 1.165) is 22.7 Å². The zero-order valence-electron chi connectivity index (χ0n) is 33.4. The van der Waals surface area contributed by atoms with Crippen molar-refractivity contribution >= 4 is 50.2 Å². The van der Waals surface area contributed by atoms with Crippen molar-refractivity contribution in [3.63, 3.8) is 0 Å². The number of hydrogen-bond acceptors (Lipinski definition) is 2. The van der Waals surface area contributed by atoms with Gasteiger partial charge in [-0.25, -0.2) is 0 Å². The first kappa shape index (κ1) is 36.4. The fourth-order valence-electron chi connectivity index (χ4n) is 8.57. The molecule has 288 valence electrons. The summed E-state index contributed by atoms with van der Waals surface area (Å²) in [4.78, 5) is 4.90. The summed E-state index contributed by atoms with van der Waals surface area (Å²) in [5.41, 5.74) is 16.5. The lowest BCUT2D eigenvalue weighted by atomic mass is 10.0. The summed E-state index contributed by atoms with van der Waals surface area (Å²) in [7, 11) is 0. The van der Waals surface area contributed by atoms with Gasteiger partial charge < -0.3 is 9.47 Å². The molecule has 0 aliphatic heterocycles. The van der Waals surface area contributed by atoms with Gasteiger partial charge in [0.1, 0.15) is 0 Å². The molecule has 0 unspecified atom stereocenters. The van der Waals surface area contributed by atoms with Crippen LogP contribution in [-0.2, 0) is 0 Å². The van der Waals surface area contributed by atoms with Gasteiger partial charge in [0, 0.05) is 43.3 Å². The molecule has 11 rings (SSSR count). The second-order valence-electron chi connectivity index (χ2n) is 15.4. The van der Waals surface area contributed by atoms with Crippen LogP contribution in [0.15, 0.2) is 243 Å². The van der Waals surface area contributed by atoms with E-state index in [-0.39, 0.29) is 0 Å². The Bertz CT molecular complexity index is 3160. The van der Waals surface area contributed by atoms with Gasteiger partial charge in [-0.1, -0.05) is 164 Å². The minimum Gasteiger partial charge on any atom is -0.311 e. The number of nitrogens with zero attached hydrogens (tertiary/aromatic N) is 2. The molecule has 0 spiro atoms. The topological polar surface area (TPSA) is 8.17 Å². The summed E-state index contributed by atoms with van der Waals surface area (Å²) in [6.07, 6.45) is 0. The van der Waals surface area contributed by atoms with E-state index >= 15 is 0 Å². The molecule has 0 atom stereocenters. The van der Waals surface area contributed by atoms with Gasteiger partial charge in [-0.3, -0.25) is 0 Å². The molecule has 0 saturated heterocycles. The van der Waals surface area contributed by atoms with Gasteiger partial charge in [0.2, 0.25) is 0 Å². The predicted molar refractivity (Wildman–Crippen MR) is 261 cm³/mol. The number of anilines is 3. The maximum atomic E-state index is 2.40. The van der Waals surface area contributed by atoms with Crippen LogP contribution >= 0.6 is 11.3 Å². The first-order chi connectivity index (χ1) is 30.2. The van der Waals surface area contributed by atoms with Crippen LogP contribution in [0.2, 0.25) is 0 Å². The molecule has 11 aromatic rings. The van der Waals surface area contributed by atoms with E-state index < -0.39 is 0 Å². The summed E-state index contributed by atoms with van der Waals surface area (Å²) >= 11 is 1.84. The lowest BCUT2D eigenvalue weighted by Gasteiger charge is -2.26. The molecule has 9 aromatic carbocycles. The van der Waals surface area contributed by atoms with Gasteiger partial charge in [-0.15, -0.1) is 11.3 Å². The summed E-state index contributed by atoms with van der Waals surface area (Å²) < 4.78 is 2.40. The van der Waals surface area contributed by atoms with Crippen molar-refractivity contribution in [3.8, 4) is 59.9 Å². The number of benzene rings is 9.